The number of hydrogen-bond acceptors (Lipinski definition) is 2. The molecule has 0 fully saturated rings. The van der Waals surface area contributed by atoms with Crippen LogP contribution >= 0.6 is 0 Å². The average Bonchev–Trinajstić information content (AvgIpc) is 2.08. The normalized spacial score (nSPS) is 9.69. The molecule has 0 saturated heterocycles. The van der Waals surface area contributed by atoms with E-state index in [-0.39, 0.29) is 11.9 Å². The van der Waals surface area contributed by atoms with Gasteiger partial charge in [-0.1, -0.05) is 6.08 Å². The quantitative estimate of drug-likeness (QED) is 0.538. The van der Waals surface area contributed by atoms with E-state index >= 15 is 0 Å². The van der Waals surface area contributed by atoms with Crippen molar-refractivity contribution in [3.63, 3.8) is 0 Å². The number of rotatable bonds is 4. The summed E-state index contributed by atoms with van der Waals surface area (Å²) in [5, 5.41) is 7.59. The van der Waals surface area contributed by atoms with Gasteiger partial charge >= 0.3 is 6.03 Å². The van der Waals surface area contributed by atoms with E-state index in [2.05, 4.69) is 16.0 Å². The molecular formula is C8H15N3O2. The summed E-state index contributed by atoms with van der Waals surface area (Å²) in [6.45, 7) is 4.10. The van der Waals surface area contributed by atoms with Gasteiger partial charge in [0.2, 0.25) is 5.91 Å². The van der Waals surface area contributed by atoms with Gasteiger partial charge in [-0.25, -0.2) is 4.79 Å². The molecule has 0 aliphatic heterocycles. The van der Waals surface area contributed by atoms with E-state index in [0.717, 1.165) is 0 Å². The lowest BCUT2D eigenvalue weighted by Gasteiger charge is -2.04. The van der Waals surface area contributed by atoms with E-state index in [1.165, 1.54) is 13.1 Å². The Morgan fingerprint density at radius 1 is 1.23 bits per heavy atom. The van der Waals surface area contributed by atoms with Crippen molar-refractivity contribution in [2.24, 2.45) is 0 Å². The molecule has 0 aromatic rings. The molecule has 0 unspecified atom stereocenters. The molecule has 3 N–H and O–H groups in total. The van der Waals surface area contributed by atoms with Crippen molar-refractivity contribution < 1.29 is 9.59 Å². The van der Waals surface area contributed by atoms with Crippen LogP contribution in [0.25, 0.3) is 0 Å². The zero-order valence-corrected chi connectivity index (χ0v) is 7.89. The standard InChI is InChI=1S/C8H15N3O2/c1-3-4-10-8(13)11-6-5-9-7(2)12/h3-4H,5-6H2,1-2H3,(H,9,12)(H2,10,11,13)/b4-3+. The van der Waals surface area contributed by atoms with E-state index in [1.54, 1.807) is 13.0 Å². The number of allylic oxidation sites excluding steroid dienone is 1. The first-order chi connectivity index (χ1) is 6.16. The van der Waals surface area contributed by atoms with Crippen molar-refractivity contribution in [2.45, 2.75) is 13.8 Å². The maximum Gasteiger partial charge on any atom is 0.318 e. The van der Waals surface area contributed by atoms with Crippen LogP contribution in [0.1, 0.15) is 13.8 Å². The molecule has 0 aromatic heterocycles. The van der Waals surface area contributed by atoms with Gasteiger partial charge in [0.1, 0.15) is 0 Å². The van der Waals surface area contributed by atoms with Gasteiger partial charge in [0.05, 0.1) is 0 Å². The molecule has 0 radical (unpaired) electrons. The van der Waals surface area contributed by atoms with Crippen LogP contribution in [-0.2, 0) is 4.79 Å². The molecule has 0 heterocycles. The smallest absolute Gasteiger partial charge is 0.318 e. The van der Waals surface area contributed by atoms with Crippen molar-refractivity contribution in [1.29, 1.82) is 0 Å². The summed E-state index contributed by atoms with van der Waals surface area (Å²) in [6.07, 6.45) is 3.25. The summed E-state index contributed by atoms with van der Waals surface area (Å²) in [5.41, 5.74) is 0. The van der Waals surface area contributed by atoms with Crippen molar-refractivity contribution in [2.75, 3.05) is 13.1 Å². The fourth-order valence-corrected chi connectivity index (χ4v) is 0.625. The van der Waals surface area contributed by atoms with Gasteiger partial charge < -0.3 is 16.0 Å². The second-order valence-corrected chi connectivity index (χ2v) is 2.38. The monoisotopic (exact) mass is 185 g/mol. The Bertz CT molecular complexity index is 202. The molecule has 0 aliphatic carbocycles. The summed E-state index contributed by atoms with van der Waals surface area (Å²) < 4.78 is 0. The van der Waals surface area contributed by atoms with Gasteiger partial charge in [-0.2, -0.15) is 0 Å². The number of amides is 3. The third-order valence-corrected chi connectivity index (χ3v) is 1.17. The van der Waals surface area contributed by atoms with Gasteiger partial charge in [-0.05, 0) is 6.92 Å². The molecule has 0 bridgehead atoms. The highest BCUT2D eigenvalue weighted by molar-refractivity contribution is 5.75. The Morgan fingerprint density at radius 3 is 2.38 bits per heavy atom. The number of nitrogens with one attached hydrogen (secondary N) is 3. The van der Waals surface area contributed by atoms with Crippen LogP contribution in [0.5, 0.6) is 0 Å². The summed E-state index contributed by atoms with van der Waals surface area (Å²) >= 11 is 0. The number of carbonyl (C=O) groups excluding carboxylic acids is 2. The molecule has 5 nitrogen and oxygen atoms in total. The Morgan fingerprint density at radius 2 is 1.85 bits per heavy atom. The Labute approximate surface area is 77.6 Å². The molecule has 0 spiro atoms. The molecule has 0 rings (SSSR count). The van der Waals surface area contributed by atoms with Crippen LogP contribution in [0.15, 0.2) is 12.3 Å². The second-order valence-electron chi connectivity index (χ2n) is 2.38. The first-order valence-electron chi connectivity index (χ1n) is 4.06. The lowest BCUT2D eigenvalue weighted by molar-refractivity contribution is -0.118. The molecule has 13 heavy (non-hydrogen) atoms. The summed E-state index contributed by atoms with van der Waals surface area (Å²) in [5.74, 6) is -0.101. The first kappa shape index (κ1) is 11.5. The average molecular weight is 185 g/mol. The molecule has 0 atom stereocenters. The zero-order valence-electron chi connectivity index (χ0n) is 7.89. The van der Waals surface area contributed by atoms with E-state index in [4.69, 9.17) is 0 Å². The van der Waals surface area contributed by atoms with Crippen LogP contribution in [0.3, 0.4) is 0 Å². The van der Waals surface area contributed by atoms with Crippen molar-refractivity contribution in [1.82, 2.24) is 16.0 Å². The minimum atomic E-state index is -0.275. The topological polar surface area (TPSA) is 70.2 Å². The fourth-order valence-electron chi connectivity index (χ4n) is 0.625. The third kappa shape index (κ3) is 8.39. The van der Waals surface area contributed by atoms with Crippen molar-refractivity contribution in [3.8, 4) is 0 Å². The Kier molecular flexibility index (Phi) is 6.31. The van der Waals surface area contributed by atoms with E-state index < -0.39 is 0 Å². The predicted molar refractivity (Wildman–Crippen MR) is 50.0 cm³/mol. The maximum absolute atomic E-state index is 10.9. The largest absolute Gasteiger partial charge is 0.355 e. The SMILES string of the molecule is C/C=C/NC(=O)NCCNC(C)=O. The Balaban J connectivity index is 3.32. The summed E-state index contributed by atoms with van der Waals surface area (Å²) in [7, 11) is 0. The lowest BCUT2D eigenvalue weighted by Crippen LogP contribution is -2.37. The van der Waals surface area contributed by atoms with Crippen LogP contribution < -0.4 is 16.0 Å². The highest BCUT2D eigenvalue weighted by atomic mass is 16.2. The highest BCUT2D eigenvalue weighted by Crippen LogP contribution is 1.67. The third-order valence-electron chi connectivity index (χ3n) is 1.17. The molecule has 0 saturated carbocycles. The maximum atomic E-state index is 10.9. The Hall–Kier alpha value is -1.52. The van der Waals surface area contributed by atoms with Gasteiger partial charge in [-0.15, -0.1) is 0 Å². The molecule has 0 aromatic carbocycles. The molecular weight excluding hydrogens is 170 g/mol. The van der Waals surface area contributed by atoms with Crippen LogP contribution in [0.2, 0.25) is 0 Å². The van der Waals surface area contributed by atoms with Gasteiger partial charge in [-0.3, -0.25) is 4.79 Å². The molecule has 5 heteroatoms. The highest BCUT2D eigenvalue weighted by Gasteiger charge is 1.95. The van der Waals surface area contributed by atoms with E-state index in [1.807, 2.05) is 0 Å². The van der Waals surface area contributed by atoms with Gasteiger partial charge in [0, 0.05) is 26.2 Å². The van der Waals surface area contributed by atoms with Crippen LogP contribution in [0.4, 0.5) is 4.79 Å². The summed E-state index contributed by atoms with van der Waals surface area (Å²) in [4.78, 5) is 21.3. The number of carbonyl (C=O) groups is 2. The van der Waals surface area contributed by atoms with E-state index in [9.17, 15) is 9.59 Å². The minimum absolute atomic E-state index is 0.101. The minimum Gasteiger partial charge on any atom is -0.355 e. The molecule has 0 aliphatic rings. The predicted octanol–water partition coefficient (Wildman–Crippen LogP) is -0.0447. The molecule has 74 valence electrons. The number of urea groups is 1. The van der Waals surface area contributed by atoms with Crippen LogP contribution in [0, 0.1) is 0 Å². The van der Waals surface area contributed by atoms with Crippen molar-refractivity contribution >= 4 is 11.9 Å². The fraction of sp³-hybridized carbons (Fsp3) is 0.500. The van der Waals surface area contributed by atoms with Gasteiger partial charge in [0.25, 0.3) is 0 Å². The number of hydrogen-bond donors (Lipinski definition) is 3. The van der Waals surface area contributed by atoms with Crippen LogP contribution in [-0.4, -0.2) is 25.0 Å². The molecule has 3 amide bonds. The zero-order chi connectivity index (χ0) is 10.1. The lowest BCUT2D eigenvalue weighted by atomic mass is 10.6. The second kappa shape index (κ2) is 7.15. The first-order valence-corrected chi connectivity index (χ1v) is 4.06. The van der Waals surface area contributed by atoms with E-state index in [0.29, 0.717) is 13.1 Å². The van der Waals surface area contributed by atoms with Gasteiger partial charge in [0.15, 0.2) is 0 Å². The summed E-state index contributed by atoms with van der Waals surface area (Å²) in [6, 6.07) is -0.275. The van der Waals surface area contributed by atoms with Crippen molar-refractivity contribution in [3.05, 3.63) is 12.3 Å².